The van der Waals surface area contributed by atoms with Crippen molar-refractivity contribution >= 4 is 17.5 Å². The molecule has 37 heavy (non-hydrogen) atoms. The van der Waals surface area contributed by atoms with Crippen LogP contribution < -0.4 is 20.7 Å². The molecule has 3 aromatic heterocycles. The van der Waals surface area contributed by atoms with E-state index in [-0.39, 0.29) is 41.0 Å². The van der Waals surface area contributed by atoms with Gasteiger partial charge in [-0.2, -0.15) is 4.98 Å². The highest BCUT2D eigenvalue weighted by Crippen LogP contribution is 2.39. The minimum atomic E-state index is -0.497. The fourth-order valence-electron chi connectivity index (χ4n) is 5.21. The van der Waals surface area contributed by atoms with Gasteiger partial charge in [0.15, 0.2) is 17.5 Å². The Morgan fingerprint density at radius 3 is 2.51 bits per heavy atom. The molecule has 0 bridgehead atoms. The highest BCUT2D eigenvalue weighted by Gasteiger charge is 2.38. The maximum absolute atomic E-state index is 14.7. The lowest BCUT2D eigenvalue weighted by molar-refractivity contribution is 0.170. The van der Waals surface area contributed by atoms with Crippen LogP contribution in [0.5, 0.6) is 5.88 Å². The molecule has 2 aliphatic rings. The summed E-state index contributed by atoms with van der Waals surface area (Å²) in [5.41, 5.74) is 1.11. The number of tetrazole rings is 1. The van der Waals surface area contributed by atoms with Gasteiger partial charge in [0.25, 0.3) is 0 Å². The molecule has 0 amide bonds. The first-order valence-electron chi connectivity index (χ1n) is 12.8. The van der Waals surface area contributed by atoms with E-state index in [4.69, 9.17) is 4.74 Å². The molecule has 12 heteroatoms. The molecule has 2 fully saturated rings. The van der Waals surface area contributed by atoms with E-state index >= 15 is 0 Å². The summed E-state index contributed by atoms with van der Waals surface area (Å²) >= 11 is 0. The molecule has 11 nitrogen and oxygen atoms in total. The summed E-state index contributed by atoms with van der Waals surface area (Å²) in [5, 5.41) is 22.4. The zero-order valence-electron chi connectivity index (χ0n) is 22.2. The van der Waals surface area contributed by atoms with Crippen molar-refractivity contribution in [3.63, 3.8) is 0 Å². The molecule has 0 unspecified atom stereocenters. The van der Waals surface area contributed by atoms with E-state index in [9.17, 15) is 4.39 Å². The van der Waals surface area contributed by atoms with Gasteiger partial charge in [0.2, 0.25) is 11.8 Å². The molecular weight excluding hydrogens is 475 g/mol. The van der Waals surface area contributed by atoms with Gasteiger partial charge in [-0.3, -0.25) is 0 Å². The first-order chi connectivity index (χ1) is 17.5. The largest absolute Gasteiger partial charge is 0.474 e. The number of nitrogens with one attached hydrogen (secondary N) is 3. The fourth-order valence-corrected chi connectivity index (χ4v) is 5.21. The summed E-state index contributed by atoms with van der Waals surface area (Å²) in [7, 11) is 0. The molecule has 4 heterocycles. The number of anilines is 3. The Morgan fingerprint density at radius 2 is 1.84 bits per heavy atom. The number of halogens is 1. The molecule has 3 N–H and O–H groups in total. The van der Waals surface area contributed by atoms with Crippen LogP contribution in [0.25, 0.3) is 11.4 Å². The van der Waals surface area contributed by atoms with Gasteiger partial charge in [-0.15, -0.1) is 5.10 Å². The number of aromatic nitrogens is 7. The number of ether oxygens (including phenoxy) is 1. The van der Waals surface area contributed by atoms with Crippen LogP contribution in [-0.4, -0.2) is 58.4 Å². The van der Waals surface area contributed by atoms with Gasteiger partial charge in [-0.1, -0.05) is 0 Å². The maximum Gasteiger partial charge on any atom is 0.229 e. The second-order valence-electron chi connectivity index (χ2n) is 11.6. The van der Waals surface area contributed by atoms with E-state index in [1.807, 2.05) is 24.6 Å². The average molecular weight is 511 g/mol. The Balaban J connectivity index is 1.40. The molecule has 0 radical (unpaired) electrons. The minimum Gasteiger partial charge on any atom is -0.474 e. The summed E-state index contributed by atoms with van der Waals surface area (Å²) in [6, 6.07) is 2.20. The second kappa shape index (κ2) is 9.47. The van der Waals surface area contributed by atoms with E-state index in [0.717, 1.165) is 25.7 Å². The first kappa shape index (κ1) is 25.2. The Labute approximate surface area is 216 Å². The lowest BCUT2D eigenvalue weighted by Crippen LogP contribution is -2.60. The Morgan fingerprint density at radius 1 is 1.11 bits per heavy atom. The standard InChI is InChI=1S/C25H35FN10O/c1-14(2)37-22-18(21-32-34-35-36(21)17-7-8-17)9-15(12-27-22)30-23-28-13-19(26)20(31-23)29-16-10-24(3,4)33-25(5,6)11-16/h9,12-14,16-17,33H,7-8,10-11H2,1-6H3,(H2,28,29,30,31). The summed E-state index contributed by atoms with van der Waals surface area (Å²) < 4.78 is 22.5. The van der Waals surface area contributed by atoms with Crippen molar-refractivity contribution < 1.29 is 9.13 Å². The highest BCUT2D eigenvalue weighted by molar-refractivity contribution is 5.69. The van der Waals surface area contributed by atoms with E-state index in [1.165, 1.54) is 6.20 Å². The molecule has 0 aromatic carbocycles. The molecular formula is C25H35FN10O. The van der Waals surface area contributed by atoms with Gasteiger partial charge < -0.3 is 20.7 Å². The van der Waals surface area contributed by atoms with Crippen molar-refractivity contribution in [1.82, 2.24) is 40.5 Å². The molecule has 1 aliphatic heterocycles. The number of hydrogen-bond donors (Lipinski definition) is 3. The predicted molar refractivity (Wildman–Crippen MR) is 138 cm³/mol. The SMILES string of the molecule is CC(C)Oc1ncc(Nc2ncc(F)c(NC3CC(C)(C)NC(C)(C)C3)n2)cc1-c1nnnn1C1CC1. The Hall–Kier alpha value is -3.41. The van der Waals surface area contributed by atoms with Crippen molar-refractivity contribution in [2.24, 2.45) is 0 Å². The van der Waals surface area contributed by atoms with Gasteiger partial charge in [0.1, 0.15) is 0 Å². The van der Waals surface area contributed by atoms with Gasteiger partial charge in [0, 0.05) is 17.1 Å². The smallest absolute Gasteiger partial charge is 0.229 e. The summed E-state index contributed by atoms with van der Waals surface area (Å²) in [6.45, 7) is 12.5. The first-order valence-corrected chi connectivity index (χ1v) is 12.8. The molecule has 1 aliphatic carbocycles. The molecule has 1 saturated heterocycles. The van der Waals surface area contributed by atoms with Crippen molar-refractivity contribution in [2.75, 3.05) is 10.6 Å². The molecule has 0 atom stereocenters. The average Bonchev–Trinajstić information content (AvgIpc) is 3.51. The normalized spacial score (nSPS) is 19.1. The molecule has 1 saturated carbocycles. The van der Waals surface area contributed by atoms with E-state index in [2.05, 4.69) is 74.1 Å². The van der Waals surface area contributed by atoms with E-state index in [1.54, 1.807) is 6.20 Å². The number of hydrogen-bond acceptors (Lipinski definition) is 10. The number of pyridine rings is 1. The van der Waals surface area contributed by atoms with Crippen molar-refractivity contribution in [3.05, 3.63) is 24.3 Å². The third-order valence-electron chi connectivity index (χ3n) is 6.36. The lowest BCUT2D eigenvalue weighted by atomic mass is 9.79. The quantitative estimate of drug-likeness (QED) is 0.405. The van der Waals surface area contributed by atoms with Crippen LogP contribution in [0.2, 0.25) is 0 Å². The van der Waals surface area contributed by atoms with Crippen LogP contribution in [0.1, 0.15) is 73.3 Å². The highest BCUT2D eigenvalue weighted by atomic mass is 19.1. The molecule has 0 spiro atoms. The van der Waals surface area contributed by atoms with Crippen LogP contribution in [-0.2, 0) is 0 Å². The fraction of sp³-hybridized carbons (Fsp3) is 0.600. The Bertz CT molecular complexity index is 1250. The molecule has 3 aromatic rings. The van der Waals surface area contributed by atoms with Crippen molar-refractivity contribution in [2.45, 2.75) is 96.5 Å². The van der Waals surface area contributed by atoms with Crippen molar-refractivity contribution in [1.29, 1.82) is 0 Å². The van der Waals surface area contributed by atoms with Crippen LogP contribution in [0.4, 0.5) is 21.8 Å². The van der Waals surface area contributed by atoms with Crippen LogP contribution in [0.15, 0.2) is 18.5 Å². The monoisotopic (exact) mass is 510 g/mol. The number of piperidine rings is 1. The number of rotatable bonds is 8. The topological polar surface area (TPSA) is 128 Å². The third-order valence-corrected chi connectivity index (χ3v) is 6.36. The van der Waals surface area contributed by atoms with Gasteiger partial charge in [-0.25, -0.2) is 19.0 Å². The molecule has 5 rings (SSSR count). The van der Waals surface area contributed by atoms with E-state index < -0.39 is 5.82 Å². The third kappa shape index (κ3) is 5.95. The van der Waals surface area contributed by atoms with Crippen LogP contribution >= 0.6 is 0 Å². The summed E-state index contributed by atoms with van der Waals surface area (Å²) in [4.78, 5) is 13.1. The number of nitrogens with zero attached hydrogens (tertiary/aromatic N) is 7. The van der Waals surface area contributed by atoms with Crippen LogP contribution in [0, 0.1) is 5.82 Å². The van der Waals surface area contributed by atoms with E-state index in [0.29, 0.717) is 23.0 Å². The predicted octanol–water partition coefficient (Wildman–Crippen LogP) is 4.25. The van der Waals surface area contributed by atoms with Gasteiger partial charge >= 0.3 is 0 Å². The van der Waals surface area contributed by atoms with Crippen LogP contribution in [0.3, 0.4) is 0 Å². The van der Waals surface area contributed by atoms with Crippen molar-refractivity contribution in [3.8, 4) is 17.3 Å². The zero-order chi connectivity index (χ0) is 26.4. The second-order valence-corrected chi connectivity index (χ2v) is 11.6. The van der Waals surface area contributed by atoms with Gasteiger partial charge in [0.05, 0.1) is 35.8 Å². The zero-order valence-corrected chi connectivity index (χ0v) is 22.2. The Kier molecular flexibility index (Phi) is 6.47. The van der Waals surface area contributed by atoms with Gasteiger partial charge in [-0.05, 0) is 83.7 Å². The maximum atomic E-state index is 14.7. The lowest BCUT2D eigenvalue weighted by Gasteiger charge is -2.46. The minimum absolute atomic E-state index is 0.0607. The summed E-state index contributed by atoms with van der Waals surface area (Å²) in [6.07, 6.45) is 6.47. The summed E-state index contributed by atoms with van der Waals surface area (Å²) in [5.74, 6) is 0.955. The molecule has 198 valence electrons.